The summed E-state index contributed by atoms with van der Waals surface area (Å²) in [5.41, 5.74) is 1.93. The minimum Gasteiger partial charge on any atom is -0.480 e. The van der Waals surface area contributed by atoms with Crippen LogP contribution in [0.15, 0.2) is 59.3 Å². The highest BCUT2D eigenvalue weighted by atomic mass is 16.4. The van der Waals surface area contributed by atoms with Crippen LogP contribution in [0.25, 0.3) is 10.9 Å². The molecule has 1 N–H and O–H groups in total. The van der Waals surface area contributed by atoms with Crippen molar-refractivity contribution in [3.63, 3.8) is 0 Å². The van der Waals surface area contributed by atoms with E-state index in [2.05, 4.69) is 4.98 Å². The third-order valence-electron chi connectivity index (χ3n) is 4.70. The van der Waals surface area contributed by atoms with E-state index in [0.717, 1.165) is 35.2 Å². The molecule has 1 aliphatic heterocycles. The van der Waals surface area contributed by atoms with E-state index in [1.54, 1.807) is 12.5 Å². The van der Waals surface area contributed by atoms with Crippen LogP contribution in [0.2, 0.25) is 0 Å². The Morgan fingerprint density at radius 2 is 2.12 bits per heavy atom. The third kappa shape index (κ3) is 2.47. The highest BCUT2D eigenvalue weighted by Gasteiger charge is 2.38. The second kappa shape index (κ2) is 6.09. The molecule has 0 saturated carbocycles. The molecule has 3 aromatic rings. The first-order valence-corrected chi connectivity index (χ1v) is 8.11. The number of nitrogens with zero attached hydrogens (tertiary/aromatic N) is 2. The SMILES string of the molecule is O=C(O)C1CCCN1C(c1ccco1)c1ccnc2ccccc12. The van der Waals surface area contributed by atoms with E-state index in [1.165, 1.54) is 0 Å². The quantitative estimate of drug-likeness (QED) is 0.797. The van der Waals surface area contributed by atoms with E-state index in [0.29, 0.717) is 6.42 Å². The van der Waals surface area contributed by atoms with Crippen molar-refractivity contribution in [1.82, 2.24) is 9.88 Å². The number of pyridine rings is 1. The van der Waals surface area contributed by atoms with Crippen molar-refractivity contribution in [2.75, 3.05) is 6.54 Å². The van der Waals surface area contributed by atoms with Gasteiger partial charge in [-0.1, -0.05) is 18.2 Å². The first-order chi connectivity index (χ1) is 11.8. The Kier molecular flexibility index (Phi) is 3.78. The molecular weight excluding hydrogens is 304 g/mol. The molecule has 0 spiro atoms. The van der Waals surface area contributed by atoms with Crippen LogP contribution in [0.3, 0.4) is 0 Å². The fraction of sp³-hybridized carbons (Fsp3) is 0.263. The van der Waals surface area contributed by atoms with E-state index in [-0.39, 0.29) is 6.04 Å². The minimum atomic E-state index is -0.776. The number of furan rings is 1. The van der Waals surface area contributed by atoms with Crippen LogP contribution < -0.4 is 0 Å². The van der Waals surface area contributed by atoms with Crippen LogP contribution in [-0.4, -0.2) is 33.5 Å². The van der Waals surface area contributed by atoms with Gasteiger partial charge in [0.1, 0.15) is 11.8 Å². The fourth-order valence-electron chi connectivity index (χ4n) is 3.66. The maximum Gasteiger partial charge on any atom is 0.320 e. The Hall–Kier alpha value is -2.66. The van der Waals surface area contributed by atoms with Gasteiger partial charge in [-0.3, -0.25) is 14.7 Å². The number of carboxylic acid groups (broad SMARTS) is 1. The lowest BCUT2D eigenvalue weighted by molar-refractivity contribution is -0.142. The van der Waals surface area contributed by atoms with Crippen molar-refractivity contribution in [3.8, 4) is 0 Å². The van der Waals surface area contributed by atoms with Gasteiger partial charge in [0.25, 0.3) is 0 Å². The van der Waals surface area contributed by atoms with Gasteiger partial charge in [0.15, 0.2) is 0 Å². The molecule has 1 saturated heterocycles. The molecule has 0 radical (unpaired) electrons. The van der Waals surface area contributed by atoms with E-state index in [1.807, 2.05) is 47.4 Å². The second-order valence-corrected chi connectivity index (χ2v) is 6.07. The molecule has 1 fully saturated rings. The number of rotatable bonds is 4. The number of aliphatic carboxylic acids is 1. The molecule has 2 unspecified atom stereocenters. The molecule has 0 bridgehead atoms. The first kappa shape index (κ1) is 14.9. The molecule has 122 valence electrons. The van der Waals surface area contributed by atoms with Crippen LogP contribution >= 0.6 is 0 Å². The number of carbonyl (C=O) groups is 1. The van der Waals surface area contributed by atoms with Gasteiger partial charge in [0.05, 0.1) is 17.8 Å². The standard InChI is InChI=1S/C19H18N2O3/c22-19(23)16-7-3-11-21(16)18(17-8-4-12-24-17)14-9-10-20-15-6-2-1-5-13(14)15/h1-2,4-6,8-10,12,16,18H,3,7,11H2,(H,22,23). The molecule has 4 rings (SSSR count). The monoisotopic (exact) mass is 322 g/mol. The van der Waals surface area contributed by atoms with Gasteiger partial charge in [-0.25, -0.2) is 0 Å². The highest BCUT2D eigenvalue weighted by Crippen LogP contribution is 2.37. The van der Waals surface area contributed by atoms with E-state index in [4.69, 9.17) is 4.42 Å². The Balaban J connectivity index is 1.89. The molecule has 2 aromatic heterocycles. The number of carboxylic acids is 1. The summed E-state index contributed by atoms with van der Waals surface area (Å²) in [6.07, 6.45) is 4.95. The molecule has 3 heterocycles. The molecule has 5 heteroatoms. The largest absolute Gasteiger partial charge is 0.480 e. The van der Waals surface area contributed by atoms with E-state index >= 15 is 0 Å². The predicted molar refractivity (Wildman–Crippen MR) is 89.7 cm³/mol. The maximum absolute atomic E-state index is 11.7. The second-order valence-electron chi connectivity index (χ2n) is 6.07. The number of likely N-dealkylation sites (tertiary alicyclic amines) is 1. The zero-order valence-electron chi connectivity index (χ0n) is 13.1. The van der Waals surface area contributed by atoms with Crippen LogP contribution in [0, 0.1) is 0 Å². The molecule has 24 heavy (non-hydrogen) atoms. The van der Waals surface area contributed by atoms with Crippen LogP contribution in [0.4, 0.5) is 0 Å². The molecule has 2 atom stereocenters. The molecular formula is C19H18N2O3. The molecule has 0 amide bonds. The lowest BCUT2D eigenvalue weighted by Crippen LogP contribution is -2.39. The summed E-state index contributed by atoms with van der Waals surface area (Å²) in [5.74, 6) is -0.0121. The fourth-order valence-corrected chi connectivity index (χ4v) is 3.66. The number of benzene rings is 1. The smallest absolute Gasteiger partial charge is 0.320 e. The lowest BCUT2D eigenvalue weighted by atomic mass is 9.98. The number of hydrogen-bond donors (Lipinski definition) is 1. The summed E-state index contributed by atoms with van der Waals surface area (Å²) >= 11 is 0. The van der Waals surface area contributed by atoms with Gasteiger partial charge in [-0.05, 0) is 42.7 Å². The Morgan fingerprint density at radius 1 is 1.25 bits per heavy atom. The maximum atomic E-state index is 11.7. The number of para-hydroxylation sites is 1. The Bertz CT molecular complexity index is 855. The lowest BCUT2D eigenvalue weighted by Gasteiger charge is -2.30. The van der Waals surface area contributed by atoms with Gasteiger partial charge in [-0.15, -0.1) is 0 Å². The Labute approximate surface area is 139 Å². The van der Waals surface area contributed by atoms with Gasteiger partial charge in [0, 0.05) is 18.1 Å². The number of fused-ring (bicyclic) bond motifs is 1. The van der Waals surface area contributed by atoms with Gasteiger partial charge < -0.3 is 9.52 Å². The van der Waals surface area contributed by atoms with Crippen LogP contribution in [0.1, 0.15) is 30.2 Å². The van der Waals surface area contributed by atoms with Crippen LogP contribution in [-0.2, 0) is 4.79 Å². The topological polar surface area (TPSA) is 66.6 Å². The summed E-state index contributed by atoms with van der Waals surface area (Å²) in [6, 6.07) is 12.9. The van der Waals surface area contributed by atoms with Gasteiger partial charge in [0.2, 0.25) is 0 Å². The van der Waals surface area contributed by atoms with Crippen molar-refractivity contribution in [1.29, 1.82) is 0 Å². The summed E-state index contributed by atoms with van der Waals surface area (Å²) in [6.45, 7) is 0.735. The summed E-state index contributed by atoms with van der Waals surface area (Å²) < 4.78 is 5.68. The highest BCUT2D eigenvalue weighted by molar-refractivity contribution is 5.83. The molecule has 1 aromatic carbocycles. The van der Waals surface area contributed by atoms with Crippen molar-refractivity contribution in [2.45, 2.75) is 24.9 Å². The van der Waals surface area contributed by atoms with Gasteiger partial charge >= 0.3 is 5.97 Å². The van der Waals surface area contributed by atoms with Crippen molar-refractivity contribution < 1.29 is 14.3 Å². The number of hydrogen-bond acceptors (Lipinski definition) is 4. The summed E-state index contributed by atoms with van der Waals surface area (Å²) in [5, 5.41) is 10.6. The summed E-state index contributed by atoms with van der Waals surface area (Å²) in [4.78, 5) is 18.1. The zero-order chi connectivity index (χ0) is 16.5. The average Bonchev–Trinajstić information content (AvgIpc) is 3.27. The van der Waals surface area contributed by atoms with Crippen molar-refractivity contribution in [3.05, 3.63) is 66.2 Å². The Morgan fingerprint density at radius 3 is 2.92 bits per heavy atom. The van der Waals surface area contributed by atoms with Crippen molar-refractivity contribution >= 4 is 16.9 Å². The average molecular weight is 322 g/mol. The first-order valence-electron chi connectivity index (χ1n) is 8.11. The predicted octanol–water partition coefficient (Wildman–Crippen LogP) is 3.47. The zero-order valence-corrected chi connectivity index (χ0v) is 13.1. The van der Waals surface area contributed by atoms with Crippen molar-refractivity contribution in [2.24, 2.45) is 0 Å². The van der Waals surface area contributed by atoms with Gasteiger partial charge in [-0.2, -0.15) is 0 Å². The minimum absolute atomic E-state index is 0.225. The van der Waals surface area contributed by atoms with Crippen LogP contribution in [0.5, 0.6) is 0 Å². The molecule has 5 nitrogen and oxygen atoms in total. The van der Waals surface area contributed by atoms with E-state index in [9.17, 15) is 9.90 Å². The number of aromatic nitrogens is 1. The third-order valence-corrected chi connectivity index (χ3v) is 4.70. The molecule has 0 aliphatic carbocycles. The summed E-state index contributed by atoms with van der Waals surface area (Å²) in [7, 11) is 0. The molecule has 1 aliphatic rings. The van der Waals surface area contributed by atoms with E-state index < -0.39 is 12.0 Å². The normalized spacial score (nSPS) is 19.6.